The van der Waals surface area contributed by atoms with Gasteiger partial charge >= 0.3 is 5.97 Å². The fraction of sp³-hybridized carbons (Fsp3) is 0.439. The van der Waals surface area contributed by atoms with E-state index in [-0.39, 0.29) is 100 Å². The number of nitrogens with one attached hydrogen (secondary N) is 6. The highest BCUT2D eigenvalue weighted by atomic mass is 32.1. The van der Waals surface area contributed by atoms with Crippen LogP contribution in [0.1, 0.15) is 49.7 Å². The molecule has 6 atom stereocenters. The molecule has 3 rings (SSSR count). The lowest BCUT2D eigenvalue weighted by atomic mass is 10.0. The molecule has 1 aromatic heterocycles. The minimum absolute atomic E-state index is 0.0176. The monoisotopic (exact) mass is 938 g/mol. The zero-order chi connectivity index (χ0) is 48.8. The smallest absolute Gasteiger partial charge is 0.326 e. The Hall–Kier alpha value is -7.28. The second-order valence-corrected chi connectivity index (χ2v) is 15.6. The highest BCUT2D eigenvalue weighted by Crippen LogP contribution is 2.19. The number of nitrogens with zero attached hydrogens (tertiary/aromatic N) is 3. The molecule has 0 saturated heterocycles. The van der Waals surface area contributed by atoms with E-state index < -0.39 is 71.8 Å². The standard InChI is InChI=1S/C41H62N16O8S/c42-26(19-23-20-52-27-7-2-1-6-25(23)27)33(59)53-28(8-3-15-49-39(43)44)34(60)56-31(18-22-11-13-24(58)14-12-22)36(62)54-29(9-4-16-50-40(45)46)35(61)57-32(21-66)37(63)55-30(38(64)65)10-5-17-51-41(47)48/h1-2,6-7,11-14,20,26,28-32,52,58,66H,3-5,8-10,15-19,21,42H2,(H,53,59)(H,54,62)(H,55,63)(H,56,60)(H,57,61)(H,64,65)(H4,43,44,49)(H4,45,46,50)(H4,47,48,51)/t26-,28-,29-,30-,31-,32-/m0/s1. The molecule has 25 heteroatoms. The number of rotatable bonds is 28. The molecule has 0 spiro atoms. The van der Waals surface area contributed by atoms with Crippen molar-refractivity contribution in [1.82, 2.24) is 31.6 Å². The first-order valence-corrected chi connectivity index (χ1v) is 21.6. The number of hydrogen-bond donors (Lipinski definition) is 16. The number of fused-ring (bicyclic) bond motifs is 1. The summed E-state index contributed by atoms with van der Waals surface area (Å²) in [5.41, 5.74) is 41.1. The zero-order valence-electron chi connectivity index (χ0n) is 36.3. The number of carbonyl (C=O) groups is 6. The molecular formula is C41H62N16O8S. The number of guanidine groups is 3. The molecule has 5 amide bonds. The van der Waals surface area contributed by atoms with Gasteiger partial charge < -0.3 is 81.9 Å². The minimum atomic E-state index is -1.40. The van der Waals surface area contributed by atoms with Crippen molar-refractivity contribution in [1.29, 1.82) is 0 Å². The van der Waals surface area contributed by atoms with Crippen molar-refractivity contribution in [2.45, 2.75) is 87.6 Å². The fourth-order valence-corrected chi connectivity index (χ4v) is 6.83. The van der Waals surface area contributed by atoms with Gasteiger partial charge in [-0.15, -0.1) is 0 Å². The first-order chi connectivity index (χ1) is 31.4. The normalized spacial score (nSPS) is 13.6. The quantitative estimate of drug-likeness (QED) is 0.0146. The average molecular weight is 939 g/mol. The van der Waals surface area contributed by atoms with Crippen molar-refractivity contribution in [3.8, 4) is 5.75 Å². The van der Waals surface area contributed by atoms with Crippen molar-refractivity contribution in [2.24, 2.45) is 55.1 Å². The predicted octanol–water partition coefficient (Wildman–Crippen LogP) is -3.41. The third-order valence-corrected chi connectivity index (χ3v) is 10.4. The number of amides is 5. The van der Waals surface area contributed by atoms with Gasteiger partial charge in [0.05, 0.1) is 6.04 Å². The second-order valence-electron chi connectivity index (χ2n) is 15.2. The van der Waals surface area contributed by atoms with E-state index in [0.29, 0.717) is 5.56 Å². The van der Waals surface area contributed by atoms with Crippen molar-refractivity contribution in [3.63, 3.8) is 0 Å². The number of aromatic amines is 1. The number of aromatic hydroxyl groups is 1. The summed E-state index contributed by atoms with van der Waals surface area (Å²) >= 11 is 4.20. The van der Waals surface area contributed by atoms with Crippen LogP contribution < -0.4 is 66.7 Å². The number of thiol groups is 1. The Kier molecular flexibility index (Phi) is 21.8. The van der Waals surface area contributed by atoms with Gasteiger partial charge in [-0.05, 0) is 74.3 Å². The molecule has 3 aromatic rings. The van der Waals surface area contributed by atoms with Crippen LogP contribution in [0.2, 0.25) is 0 Å². The van der Waals surface area contributed by atoms with Gasteiger partial charge in [-0.25, -0.2) is 4.79 Å². The molecule has 0 aliphatic carbocycles. The van der Waals surface area contributed by atoms with E-state index >= 15 is 0 Å². The number of hydrogen-bond acceptors (Lipinski definition) is 12. The van der Waals surface area contributed by atoms with Crippen molar-refractivity contribution >= 4 is 76.9 Å². The van der Waals surface area contributed by atoms with E-state index in [9.17, 15) is 39.0 Å². The second kappa shape index (κ2) is 27.1. The van der Waals surface area contributed by atoms with Gasteiger partial charge in [0, 0.05) is 48.9 Å². The number of phenolic OH excluding ortho intramolecular Hbond substituents is 1. The Bertz CT molecular complexity index is 2190. The molecule has 0 bridgehead atoms. The van der Waals surface area contributed by atoms with Gasteiger partial charge in [-0.2, -0.15) is 12.6 Å². The highest BCUT2D eigenvalue weighted by Gasteiger charge is 2.33. The molecular weight excluding hydrogens is 877 g/mol. The van der Waals surface area contributed by atoms with Crippen LogP contribution >= 0.6 is 12.6 Å². The van der Waals surface area contributed by atoms with E-state index in [1.54, 1.807) is 6.20 Å². The highest BCUT2D eigenvalue weighted by molar-refractivity contribution is 7.80. The lowest BCUT2D eigenvalue weighted by Crippen LogP contribution is -2.60. The van der Waals surface area contributed by atoms with Crippen molar-refractivity contribution < 1.29 is 39.0 Å². The Morgan fingerprint density at radius 2 is 1.03 bits per heavy atom. The van der Waals surface area contributed by atoms with Crippen LogP contribution in [0.25, 0.3) is 10.9 Å². The van der Waals surface area contributed by atoms with E-state index in [1.165, 1.54) is 24.3 Å². The number of carbonyl (C=O) groups excluding carboxylic acids is 5. The van der Waals surface area contributed by atoms with E-state index in [2.05, 4.69) is 59.2 Å². The van der Waals surface area contributed by atoms with Gasteiger partial charge in [0.2, 0.25) is 29.5 Å². The molecule has 0 aliphatic rings. The van der Waals surface area contributed by atoms with Crippen LogP contribution in [-0.2, 0) is 41.6 Å². The number of carboxylic acids is 1. The molecule has 2 aromatic carbocycles. The summed E-state index contributed by atoms with van der Waals surface area (Å²) in [6, 6.07) is 5.49. The van der Waals surface area contributed by atoms with Crippen molar-refractivity contribution in [3.05, 3.63) is 65.9 Å². The van der Waals surface area contributed by atoms with Crippen LogP contribution in [0.3, 0.4) is 0 Å². The van der Waals surface area contributed by atoms with Crippen LogP contribution in [0.4, 0.5) is 0 Å². The molecule has 360 valence electrons. The minimum Gasteiger partial charge on any atom is -0.508 e. The Labute approximate surface area is 386 Å². The number of aliphatic imine (C=N–C) groups is 3. The largest absolute Gasteiger partial charge is 0.508 e. The number of aliphatic carboxylic acids is 1. The Morgan fingerprint density at radius 1 is 0.591 bits per heavy atom. The van der Waals surface area contributed by atoms with Crippen LogP contribution in [-0.4, -0.2) is 130 Å². The van der Waals surface area contributed by atoms with E-state index in [0.717, 1.165) is 16.5 Å². The number of aromatic nitrogens is 1. The van der Waals surface area contributed by atoms with Crippen LogP contribution in [0.5, 0.6) is 5.75 Å². The van der Waals surface area contributed by atoms with Gasteiger partial charge in [-0.3, -0.25) is 38.9 Å². The number of benzene rings is 2. The number of H-pyrrole nitrogens is 1. The lowest BCUT2D eigenvalue weighted by Gasteiger charge is -2.27. The van der Waals surface area contributed by atoms with Gasteiger partial charge in [0.25, 0.3) is 0 Å². The van der Waals surface area contributed by atoms with E-state index in [4.69, 9.17) is 40.1 Å². The van der Waals surface area contributed by atoms with Crippen molar-refractivity contribution in [2.75, 3.05) is 25.4 Å². The van der Waals surface area contributed by atoms with Crippen LogP contribution in [0.15, 0.2) is 69.7 Å². The third-order valence-electron chi connectivity index (χ3n) is 9.99. The molecule has 66 heavy (non-hydrogen) atoms. The van der Waals surface area contributed by atoms with Crippen LogP contribution in [0, 0.1) is 0 Å². The summed E-state index contributed by atoms with van der Waals surface area (Å²) in [6.07, 6.45) is 2.23. The van der Waals surface area contributed by atoms with Gasteiger partial charge in [0.1, 0.15) is 36.0 Å². The number of nitrogens with two attached hydrogens (primary N) is 7. The molecule has 1 heterocycles. The predicted molar refractivity (Wildman–Crippen MR) is 253 cm³/mol. The first-order valence-electron chi connectivity index (χ1n) is 21.0. The summed E-state index contributed by atoms with van der Waals surface area (Å²) in [5.74, 6) is -6.24. The van der Waals surface area contributed by atoms with Gasteiger partial charge in [-0.1, -0.05) is 30.3 Å². The lowest BCUT2D eigenvalue weighted by molar-refractivity contribution is -0.142. The Morgan fingerprint density at radius 3 is 1.55 bits per heavy atom. The SMILES string of the molecule is NC(N)=NCCC[C@H](NC(=O)[C@H](CS)NC(=O)[C@H](CCCN=C(N)N)NC(=O)[C@H](Cc1ccc(O)cc1)NC(=O)[C@H](CCCN=C(N)N)NC(=O)[C@@H](N)Cc1c[nH]c2ccccc12)C(=O)O. The summed E-state index contributed by atoms with van der Waals surface area (Å²) in [6.45, 7) is 0.272. The van der Waals surface area contributed by atoms with Gasteiger partial charge in [0.15, 0.2) is 17.9 Å². The molecule has 24 nitrogen and oxygen atoms in total. The number of phenols is 1. The summed E-state index contributed by atoms with van der Waals surface area (Å²) in [5, 5.41) is 33.5. The molecule has 0 saturated carbocycles. The summed E-state index contributed by atoms with van der Waals surface area (Å²) in [4.78, 5) is 96.0. The van der Waals surface area contributed by atoms with E-state index in [1.807, 2.05) is 24.3 Å². The maximum absolute atomic E-state index is 14.3. The number of carboxylic acid groups (broad SMARTS) is 1. The summed E-state index contributed by atoms with van der Waals surface area (Å²) < 4.78 is 0. The molecule has 0 radical (unpaired) electrons. The molecule has 0 aliphatic heterocycles. The first kappa shape index (κ1) is 53.1. The molecule has 0 fully saturated rings. The third kappa shape index (κ3) is 18.4. The zero-order valence-corrected chi connectivity index (χ0v) is 37.2. The molecule has 22 N–H and O–H groups in total. The number of para-hydroxylation sites is 1. The average Bonchev–Trinajstić information content (AvgIpc) is 3.67. The molecule has 0 unspecified atom stereocenters. The maximum Gasteiger partial charge on any atom is 0.326 e. The maximum atomic E-state index is 14.3. The fourth-order valence-electron chi connectivity index (χ4n) is 6.57. The summed E-state index contributed by atoms with van der Waals surface area (Å²) in [7, 11) is 0. The topological polar surface area (TPSA) is 438 Å². The Balaban J connectivity index is 1.88.